The van der Waals surface area contributed by atoms with Crippen molar-refractivity contribution in [2.24, 2.45) is 11.3 Å². The summed E-state index contributed by atoms with van der Waals surface area (Å²) in [6.45, 7) is 8.07. The Morgan fingerprint density at radius 2 is 1.81 bits per heavy atom. The summed E-state index contributed by atoms with van der Waals surface area (Å²) in [5, 5.41) is 12.3. The fourth-order valence-corrected chi connectivity index (χ4v) is 5.25. The molecule has 3 rings (SSSR count). The van der Waals surface area contributed by atoms with E-state index in [0.29, 0.717) is 57.1 Å². The van der Waals surface area contributed by atoms with Gasteiger partial charge in [-0.05, 0) is 80.1 Å². The highest BCUT2D eigenvalue weighted by atomic mass is 19.4. The van der Waals surface area contributed by atoms with Crippen molar-refractivity contribution in [1.82, 2.24) is 10.2 Å². The lowest BCUT2D eigenvalue weighted by Crippen LogP contribution is -2.56. The van der Waals surface area contributed by atoms with E-state index in [4.69, 9.17) is 4.74 Å². The summed E-state index contributed by atoms with van der Waals surface area (Å²) in [5.41, 5.74) is -0.573. The molecule has 2 amide bonds. The van der Waals surface area contributed by atoms with Gasteiger partial charge in [-0.25, -0.2) is 4.79 Å². The first-order valence-corrected chi connectivity index (χ1v) is 12.9. The van der Waals surface area contributed by atoms with Gasteiger partial charge in [0, 0.05) is 19.4 Å². The third-order valence-corrected chi connectivity index (χ3v) is 7.68. The maximum Gasteiger partial charge on any atom is 0.416 e. The average molecular weight is 525 g/mol. The first kappa shape index (κ1) is 29.0. The molecule has 1 heterocycles. The standard InChI is InChI=1S/C28H39F3N2O4/c1-26(2,3)14-12-18-6-9-20(16-23(18)28(29,30)31)27(4)21(13-15-37-5)17-33(25(36)32-27)22-10-7-19(8-11-22)24(34)35/h6,9,16-17,19,22H,7-8,10-15H2,1-5H3,(H,32,36)(H,34,35)/t19?,22?,27-/m0/s1. The second-order valence-electron chi connectivity index (χ2n) is 11.6. The molecule has 1 aromatic carbocycles. The van der Waals surface area contributed by atoms with E-state index < -0.39 is 35.2 Å². The summed E-state index contributed by atoms with van der Waals surface area (Å²) in [6.07, 6.45) is 0.615. The third kappa shape index (κ3) is 6.86. The summed E-state index contributed by atoms with van der Waals surface area (Å²) in [4.78, 5) is 26.2. The van der Waals surface area contributed by atoms with Crippen molar-refractivity contribution < 1.29 is 32.6 Å². The molecule has 0 saturated heterocycles. The Hall–Kier alpha value is -2.55. The maximum atomic E-state index is 14.1. The van der Waals surface area contributed by atoms with Crippen molar-refractivity contribution >= 4 is 12.0 Å². The topological polar surface area (TPSA) is 78.9 Å². The Morgan fingerprint density at radius 1 is 1.16 bits per heavy atom. The molecule has 1 saturated carbocycles. The van der Waals surface area contributed by atoms with Crippen molar-refractivity contribution in [3.05, 3.63) is 46.7 Å². The van der Waals surface area contributed by atoms with Crippen molar-refractivity contribution in [2.45, 2.75) is 90.4 Å². The lowest BCUT2D eigenvalue weighted by atomic mass is 9.79. The highest BCUT2D eigenvalue weighted by Gasteiger charge is 2.43. The third-order valence-electron chi connectivity index (χ3n) is 7.68. The SMILES string of the molecule is COCCC1=CN(C2CCC(C(=O)O)CC2)C(=O)N[C@@]1(C)c1ccc(CCC(C)(C)C)c(C(F)(F)F)c1. The molecule has 0 aromatic heterocycles. The average Bonchev–Trinajstić information content (AvgIpc) is 2.81. The minimum atomic E-state index is -4.52. The second kappa shape index (κ2) is 11.1. The van der Waals surface area contributed by atoms with Crippen LogP contribution in [0.1, 0.15) is 82.9 Å². The number of carbonyl (C=O) groups is 2. The van der Waals surface area contributed by atoms with Gasteiger partial charge in [-0.2, -0.15) is 13.2 Å². The van der Waals surface area contributed by atoms with Gasteiger partial charge in [0.25, 0.3) is 0 Å². The van der Waals surface area contributed by atoms with E-state index in [2.05, 4.69) is 5.32 Å². The zero-order valence-electron chi connectivity index (χ0n) is 22.4. The Bertz CT molecular complexity index is 1020. The van der Waals surface area contributed by atoms with Crippen LogP contribution < -0.4 is 5.32 Å². The first-order chi connectivity index (χ1) is 17.2. The number of alkyl halides is 3. The molecule has 1 aliphatic carbocycles. The second-order valence-corrected chi connectivity index (χ2v) is 11.6. The largest absolute Gasteiger partial charge is 0.481 e. The van der Waals surface area contributed by atoms with Gasteiger partial charge in [0.05, 0.1) is 23.6 Å². The summed E-state index contributed by atoms with van der Waals surface area (Å²) >= 11 is 0. The summed E-state index contributed by atoms with van der Waals surface area (Å²) in [7, 11) is 1.55. The molecule has 1 aliphatic heterocycles. The lowest BCUT2D eigenvalue weighted by Gasteiger charge is -2.44. The van der Waals surface area contributed by atoms with Crippen molar-refractivity contribution in [3.63, 3.8) is 0 Å². The monoisotopic (exact) mass is 524 g/mol. The Balaban J connectivity index is 1.97. The molecule has 1 fully saturated rings. The van der Waals surface area contributed by atoms with E-state index >= 15 is 0 Å². The van der Waals surface area contributed by atoms with Gasteiger partial charge < -0.3 is 15.2 Å². The van der Waals surface area contributed by atoms with Crippen LogP contribution in [0.25, 0.3) is 0 Å². The van der Waals surface area contributed by atoms with Crippen LogP contribution in [0, 0.1) is 11.3 Å². The maximum absolute atomic E-state index is 14.1. The molecule has 37 heavy (non-hydrogen) atoms. The number of carbonyl (C=O) groups excluding carboxylic acids is 1. The van der Waals surface area contributed by atoms with Crippen LogP contribution in [0.2, 0.25) is 0 Å². The number of methoxy groups -OCH3 is 1. The number of ether oxygens (including phenoxy) is 1. The number of aryl methyl sites for hydroxylation is 1. The zero-order valence-corrected chi connectivity index (χ0v) is 22.4. The highest BCUT2D eigenvalue weighted by Crippen LogP contribution is 2.41. The molecule has 0 unspecified atom stereocenters. The normalized spacial score (nSPS) is 25.0. The van der Waals surface area contributed by atoms with E-state index in [9.17, 15) is 27.9 Å². The van der Waals surface area contributed by atoms with Crippen LogP contribution in [0.4, 0.5) is 18.0 Å². The number of aliphatic carboxylic acids is 1. The number of rotatable bonds is 8. The van der Waals surface area contributed by atoms with E-state index in [-0.39, 0.29) is 17.0 Å². The summed E-state index contributed by atoms with van der Waals surface area (Å²) < 4.78 is 47.7. The van der Waals surface area contributed by atoms with Crippen molar-refractivity contribution in [2.75, 3.05) is 13.7 Å². The first-order valence-electron chi connectivity index (χ1n) is 12.9. The molecule has 206 valence electrons. The number of nitrogens with zero attached hydrogens (tertiary/aromatic N) is 1. The molecule has 2 aliphatic rings. The van der Waals surface area contributed by atoms with E-state index in [0.717, 1.165) is 5.57 Å². The van der Waals surface area contributed by atoms with Crippen LogP contribution in [0.3, 0.4) is 0 Å². The number of carboxylic acids is 1. The van der Waals surface area contributed by atoms with E-state index in [1.54, 1.807) is 31.2 Å². The molecule has 0 bridgehead atoms. The van der Waals surface area contributed by atoms with Crippen LogP contribution in [0.5, 0.6) is 0 Å². The Labute approximate surface area is 217 Å². The number of urea groups is 1. The van der Waals surface area contributed by atoms with Crippen LogP contribution in [-0.2, 0) is 27.7 Å². The fraction of sp³-hybridized carbons (Fsp3) is 0.643. The molecular formula is C28H39F3N2O4. The molecule has 1 atom stereocenters. The van der Waals surface area contributed by atoms with Gasteiger partial charge in [0.1, 0.15) is 0 Å². The fourth-order valence-electron chi connectivity index (χ4n) is 5.25. The summed E-state index contributed by atoms with van der Waals surface area (Å²) in [5.74, 6) is -1.24. The Morgan fingerprint density at radius 3 is 2.35 bits per heavy atom. The van der Waals surface area contributed by atoms with Gasteiger partial charge in [-0.15, -0.1) is 0 Å². The molecule has 1 aromatic rings. The Kier molecular flexibility index (Phi) is 8.67. The van der Waals surface area contributed by atoms with E-state index in [1.165, 1.54) is 12.1 Å². The molecule has 0 radical (unpaired) electrons. The number of hydrogen-bond acceptors (Lipinski definition) is 3. The number of halogens is 3. The van der Waals surface area contributed by atoms with Crippen molar-refractivity contribution in [3.8, 4) is 0 Å². The van der Waals surface area contributed by atoms with Crippen molar-refractivity contribution in [1.29, 1.82) is 0 Å². The molecular weight excluding hydrogens is 485 g/mol. The number of amides is 2. The predicted molar refractivity (Wildman–Crippen MR) is 135 cm³/mol. The van der Waals surface area contributed by atoms with Gasteiger partial charge >= 0.3 is 18.2 Å². The smallest absolute Gasteiger partial charge is 0.416 e. The molecule has 2 N–H and O–H groups in total. The van der Waals surface area contributed by atoms with Gasteiger partial charge in [-0.3, -0.25) is 9.69 Å². The number of benzene rings is 1. The number of nitrogens with one attached hydrogen (secondary N) is 1. The number of hydrogen-bond donors (Lipinski definition) is 2. The van der Waals surface area contributed by atoms with Crippen LogP contribution in [-0.4, -0.2) is 41.8 Å². The molecule has 9 heteroatoms. The predicted octanol–water partition coefficient (Wildman–Crippen LogP) is 6.49. The van der Waals surface area contributed by atoms with Gasteiger partial charge in [0.2, 0.25) is 0 Å². The summed E-state index contributed by atoms with van der Waals surface area (Å²) in [6, 6.07) is 3.83. The van der Waals surface area contributed by atoms with Gasteiger partial charge in [0.15, 0.2) is 0 Å². The lowest BCUT2D eigenvalue weighted by molar-refractivity contribution is -0.143. The highest BCUT2D eigenvalue weighted by molar-refractivity contribution is 5.79. The van der Waals surface area contributed by atoms with Crippen LogP contribution in [0.15, 0.2) is 30.0 Å². The zero-order chi connectivity index (χ0) is 27.6. The molecule has 6 nitrogen and oxygen atoms in total. The minimum Gasteiger partial charge on any atom is -0.481 e. The van der Waals surface area contributed by atoms with E-state index in [1.807, 2.05) is 20.8 Å². The van der Waals surface area contributed by atoms with Gasteiger partial charge in [-0.1, -0.05) is 32.9 Å². The molecule has 0 spiro atoms. The van der Waals surface area contributed by atoms with Crippen LogP contribution >= 0.6 is 0 Å². The minimum absolute atomic E-state index is 0.103. The quantitative estimate of drug-likeness (QED) is 0.408. The number of carboxylic acid groups (broad SMARTS) is 1.